The summed E-state index contributed by atoms with van der Waals surface area (Å²) in [4.78, 5) is 32.9. The van der Waals surface area contributed by atoms with Crippen molar-refractivity contribution in [3.63, 3.8) is 0 Å². The maximum absolute atomic E-state index is 13.6. The van der Waals surface area contributed by atoms with Gasteiger partial charge in [0.1, 0.15) is 16.5 Å². The summed E-state index contributed by atoms with van der Waals surface area (Å²) in [5, 5.41) is 10.5. The number of benzene rings is 1. The number of carbonyl (C=O) groups excluding carboxylic acids is 1. The third-order valence-electron chi connectivity index (χ3n) is 5.62. The van der Waals surface area contributed by atoms with Crippen molar-refractivity contribution in [2.75, 3.05) is 5.75 Å². The van der Waals surface area contributed by atoms with E-state index >= 15 is 0 Å². The summed E-state index contributed by atoms with van der Waals surface area (Å²) in [5.74, 6) is -0.349. The van der Waals surface area contributed by atoms with Crippen molar-refractivity contribution in [1.29, 1.82) is 5.26 Å². The highest BCUT2D eigenvalue weighted by atomic mass is 32.2. The smallest absolute Gasteiger partial charge is 0.263 e. The number of aryl methyl sites for hydroxylation is 3. The van der Waals surface area contributed by atoms with Gasteiger partial charge in [-0.15, -0.1) is 11.3 Å². The Hall–Kier alpha value is -2.89. The lowest BCUT2D eigenvalue weighted by atomic mass is 9.97. The highest BCUT2D eigenvalue weighted by Crippen LogP contribution is 2.34. The second-order valence-corrected chi connectivity index (χ2v) is 9.89. The minimum atomic E-state index is -0.355. The van der Waals surface area contributed by atoms with Gasteiger partial charge in [-0.2, -0.15) is 5.26 Å². The van der Waals surface area contributed by atoms with E-state index in [0.29, 0.717) is 18.1 Å². The lowest BCUT2D eigenvalue weighted by Crippen LogP contribution is -2.25. The first-order chi connectivity index (χ1) is 15.5. The molecular weight excluding hydrogens is 440 g/mol. The summed E-state index contributed by atoms with van der Waals surface area (Å²) >= 11 is 2.79. The monoisotopic (exact) mass is 464 g/mol. The van der Waals surface area contributed by atoms with Gasteiger partial charge in [0, 0.05) is 17.1 Å². The van der Waals surface area contributed by atoms with Crippen LogP contribution in [0.4, 0.5) is 0 Å². The highest BCUT2D eigenvalue weighted by molar-refractivity contribution is 7.99. The fourth-order valence-electron chi connectivity index (χ4n) is 3.99. The van der Waals surface area contributed by atoms with Crippen LogP contribution in [0.15, 0.2) is 51.6 Å². The van der Waals surface area contributed by atoms with Gasteiger partial charge in [0.15, 0.2) is 10.9 Å². The maximum Gasteiger partial charge on any atom is 0.263 e. The number of thiophene rings is 1. The van der Waals surface area contributed by atoms with Crippen molar-refractivity contribution >= 4 is 39.1 Å². The highest BCUT2D eigenvalue weighted by Gasteiger charge is 2.23. The summed E-state index contributed by atoms with van der Waals surface area (Å²) in [7, 11) is 0. The molecule has 164 valence electrons. The summed E-state index contributed by atoms with van der Waals surface area (Å²) in [5.41, 5.74) is 8.09. The van der Waals surface area contributed by atoms with Crippen LogP contribution in [0.1, 0.15) is 35.8 Å². The zero-order chi connectivity index (χ0) is 22.7. The van der Waals surface area contributed by atoms with E-state index < -0.39 is 0 Å². The average molecular weight is 465 g/mol. The van der Waals surface area contributed by atoms with E-state index in [2.05, 4.69) is 0 Å². The van der Waals surface area contributed by atoms with Gasteiger partial charge in [0.25, 0.3) is 5.56 Å². The van der Waals surface area contributed by atoms with E-state index in [9.17, 15) is 14.9 Å². The summed E-state index contributed by atoms with van der Waals surface area (Å²) in [6, 6.07) is 11.9. The van der Waals surface area contributed by atoms with Crippen molar-refractivity contribution in [2.45, 2.75) is 50.7 Å². The molecule has 0 saturated heterocycles. The molecule has 0 atom stereocenters. The van der Waals surface area contributed by atoms with E-state index in [4.69, 9.17) is 10.7 Å². The quantitative estimate of drug-likeness (QED) is 0.245. The Bertz CT molecular complexity index is 1300. The SMILES string of the molecule is C/C(N)=C(/C#N)C(=O)CSc1nc2sc3c(c2c(=O)n1CCc1ccccc1)CCCC3. The number of aromatic nitrogens is 2. The van der Waals surface area contributed by atoms with Gasteiger partial charge in [0.05, 0.1) is 11.1 Å². The molecule has 1 aliphatic carbocycles. The Morgan fingerprint density at radius 3 is 2.75 bits per heavy atom. The van der Waals surface area contributed by atoms with E-state index in [1.807, 2.05) is 36.4 Å². The van der Waals surface area contributed by atoms with Crippen molar-refractivity contribution in [3.05, 3.63) is 68.0 Å². The lowest BCUT2D eigenvalue weighted by molar-refractivity contribution is -0.112. The van der Waals surface area contributed by atoms with Gasteiger partial charge in [-0.1, -0.05) is 42.1 Å². The number of fused-ring (bicyclic) bond motifs is 3. The standard InChI is InChI=1S/C24H24N4O2S2/c1-15(26)18(13-25)19(29)14-31-24-27-22-21(17-9-5-6-10-20(17)32-22)23(30)28(24)12-11-16-7-3-2-4-8-16/h2-4,7-8H,5-6,9-12,14,26H2,1H3/b18-15+. The number of nitrogens with zero attached hydrogens (tertiary/aromatic N) is 3. The molecule has 2 aromatic heterocycles. The molecule has 2 heterocycles. The molecule has 1 aliphatic rings. The van der Waals surface area contributed by atoms with Gasteiger partial charge in [-0.25, -0.2) is 4.98 Å². The van der Waals surface area contributed by atoms with Crippen LogP contribution in [-0.2, 0) is 30.6 Å². The lowest BCUT2D eigenvalue weighted by Gasteiger charge is -2.13. The number of hydrogen-bond acceptors (Lipinski definition) is 7. The maximum atomic E-state index is 13.6. The van der Waals surface area contributed by atoms with Gasteiger partial charge < -0.3 is 5.73 Å². The molecule has 0 aliphatic heterocycles. The van der Waals surface area contributed by atoms with Gasteiger partial charge >= 0.3 is 0 Å². The van der Waals surface area contributed by atoms with Crippen molar-refractivity contribution in [2.24, 2.45) is 5.73 Å². The van der Waals surface area contributed by atoms with E-state index in [1.54, 1.807) is 15.9 Å². The van der Waals surface area contributed by atoms with Crippen LogP contribution < -0.4 is 11.3 Å². The third-order valence-corrected chi connectivity index (χ3v) is 7.79. The van der Waals surface area contributed by atoms with Crippen molar-refractivity contribution in [1.82, 2.24) is 9.55 Å². The zero-order valence-corrected chi connectivity index (χ0v) is 19.5. The van der Waals surface area contributed by atoms with Crippen LogP contribution in [0.3, 0.4) is 0 Å². The number of nitrogens with two attached hydrogens (primary N) is 1. The molecule has 0 radical (unpaired) electrons. The average Bonchev–Trinajstić information content (AvgIpc) is 3.16. The third kappa shape index (κ3) is 4.50. The predicted octanol–water partition coefficient (Wildman–Crippen LogP) is 4.00. The Balaban J connectivity index is 1.72. The molecule has 0 bridgehead atoms. The molecular formula is C24H24N4O2S2. The Kier molecular flexibility index (Phi) is 6.77. The van der Waals surface area contributed by atoms with Crippen molar-refractivity contribution in [3.8, 4) is 6.07 Å². The van der Waals surface area contributed by atoms with Gasteiger partial charge in [-0.05, 0) is 50.2 Å². The van der Waals surface area contributed by atoms with Crippen LogP contribution in [0.5, 0.6) is 0 Å². The molecule has 0 spiro atoms. The predicted molar refractivity (Wildman–Crippen MR) is 129 cm³/mol. The summed E-state index contributed by atoms with van der Waals surface area (Å²) in [6.45, 7) is 2.02. The number of ketones is 1. The summed E-state index contributed by atoms with van der Waals surface area (Å²) in [6.07, 6.45) is 4.83. The molecule has 3 aromatic rings. The minimum Gasteiger partial charge on any atom is -0.401 e. The van der Waals surface area contributed by atoms with Crippen LogP contribution in [0.2, 0.25) is 0 Å². The second kappa shape index (κ2) is 9.72. The Labute approximate surface area is 194 Å². The fraction of sp³-hybridized carbons (Fsp3) is 0.333. The number of allylic oxidation sites excluding steroid dienone is 2. The first-order valence-corrected chi connectivity index (χ1v) is 12.4. The number of carbonyl (C=O) groups is 1. The van der Waals surface area contributed by atoms with Crippen molar-refractivity contribution < 1.29 is 4.79 Å². The summed E-state index contributed by atoms with van der Waals surface area (Å²) < 4.78 is 1.69. The first-order valence-electron chi connectivity index (χ1n) is 10.6. The molecule has 0 saturated carbocycles. The van der Waals surface area contributed by atoms with E-state index in [1.165, 1.54) is 23.6 Å². The minimum absolute atomic E-state index is 0.00576. The molecule has 0 fully saturated rings. The fourth-order valence-corrected chi connectivity index (χ4v) is 6.19. The van der Waals surface area contributed by atoms with Crippen LogP contribution in [-0.4, -0.2) is 21.1 Å². The molecule has 8 heteroatoms. The molecule has 4 rings (SSSR count). The van der Waals surface area contributed by atoms with Gasteiger partial charge in [0.2, 0.25) is 0 Å². The normalized spacial score (nSPS) is 14.0. The molecule has 0 unspecified atom stereocenters. The number of hydrogen-bond donors (Lipinski definition) is 1. The van der Waals surface area contributed by atoms with Gasteiger partial charge in [-0.3, -0.25) is 14.2 Å². The second-order valence-electron chi connectivity index (χ2n) is 7.86. The number of nitriles is 1. The number of rotatable bonds is 7. The molecule has 1 aromatic carbocycles. The van der Waals surface area contributed by atoms with Crippen LogP contribution in [0.25, 0.3) is 10.2 Å². The Morgan fingerprint density at radius 2 is 2.03 bits per heavy atom. The topological polar surface area (TPSA) is 102 Å². The Morgan fingerprint density at radius 1 is 1.28 bits per heavy atom. The zero-order valence-electron chi connectivity index (χ0n) is 17.9. The largest absolute Gasteiger partial charge is 0.401 e. The molecule has 0 amide bonds. The van der Waals surface area contributed by atoms with E-state index in [-0.39, 0.29) is 28.4 Å². The van der Waals surface area contributed by atoms with E-state index in [0.717, 1.165) is 47.0 Å². The molecule has 2 N–H and O–H groups in total. The number of Topliss-reactive ketones (excluding diaryl/α,β-unsaturated/α-hetero) is 1. The number of thioether (sulfide) groups is 1. The first kappa shape index (κ1) is 22.3. The van der Waals surface area contributed by atoms with Crippen LogP contribution in [0, 0.1) is 11.3 Å². The molecule has 32 heavy (non-hydrogen) atoms. The molecule has 6 nitrogen and oxygen atoms in total. The van der Waals surface area contributed by atoms with Crippen LogP contribution >= 0.6 is 23.1 Å².